The van der Waals surface area contributed by atoms with Gasteiger partial charge in [0, 0.05) is 37.7 Å². The van der Waals surface area contributed by atoms with Gasteiger partial charge in [0.15, 0.2) is 0 Å². The molecule has 1 aliphatic heterocycles. The Labute approximate surface area is 187 Å². The van der Waals surface area contributed by atoms with Gasteiger partial charge >= 0.3 is 5.97 Å². The molecular weight excluding hydrogens is 396 g/mol. The normalized spacial score (nSPS) is 27.5. The fourth-order valence-electron chi connectivity index (χ4n) is 4.38. The van der Waals surface area contributed by atoms with E-state index in [1.54, 1.807) is 0 Å². The minimum Gasteiger partial charge on any atom is -0.495 e. The molecule has 2 aliphatic rings. The first kappa shape index (κ1) is 25.9. The van der Waals surface area contributed by atoms with Crippen molar-refractivity contribution in [2.24, 2.45) is 11.8 Å². The lowest BCUT2D eigenvalue weighted by molar-refractivity contribution is -0.145. The quantitative estimate of drug-likeness (QED) is 0.225. The van der Waals surface area contributed by atoms with Gasteiger partial charge in [-0.2, -0.15) is 0 Å². The van der Waals surface area contributed by atoms with Crippen molar-refractivity contribution in [3.05, 3.63) is 24.0 Å². The second-order valence-corrected chi connectivity index (χ2v) is 8.75. The van der Waals surface area contributed by atoms with E-state index in [1.807, 2.05) is 19.1 Å². The van der Waals surface area contributed by atoms with E-state index in [2.05, 4.69) is 13.0 Å². The molecule has 0 aromatic carbocycles. The van der Waals surface area contributed by atoms with Crippen LogP contribution in [0, 0.1) is 11.8 Å². The fraction of sp³-hybridized carbons (Fsp3) is 0.800. The number of ether oxygens (including phenoxy) is 3. The molecule has 1 heterocycles. The molecular formula is C25H42O6. The molecule has 2 fully saturated rings. The number of esters is 1. The lowest BCUT2D eigenvalue weighted by Gasteiger charge is -2.16. The molecule has 0 bridgehead atoms. The first-order valence-electron chi connectivity index (χ1n) is 12.2. The third-order valence-corrected chi connectivity index (χ3v) is 6.08. The number of rotatable bonds is 15. The lowest BCUT2D eigenvalue weighted by Crippen LogP contribution is -2.18. The zero-order valence-corrected chi connectivity index (χ0v) is 19.3. The highest BCUT2D eigenvalue weighted by atomic mass is 16.6. The van der Waals surface area contributed by atoms with Gasteiger partial charge in [-0.25, -0.2) is 0 Å². The maximum Gasteiger partial charge on any atom is 0.305 e. The average molecular weight is 439 g/mol. The van der Waals surface area contributed by atoms with E-state index in [0.717, 1.165) is 57.1 Å². The SMILES string of the molecule is CCCCC[C@H](O)/C=C/[C@@H]1[C@H]2C/C(=C/CCCC(=O)OCCOCCC)O[C@H]2C[C@H]1O. The van der Waals surface area contributed by atoms with Crippen LogP contribution in [0.5, 0.6) is 0 Å². The van der Waals surface area contributed by atoms with Gasteiger partial charge in [-0.15, -0.1) is 0 Å². The molecule has 0 radical (unpaired) electrons. The summed E-state index contributed by atoms with van der Waals surface area (Å²) < 4.78 is 16.5. The number of carbonyl (C=O) groups excluding carboxylic acids is 1. The van der Waals surface area contributed by atoms with E-state index in [9.17, 15) is 15.0 Å². The molecule has 31 heavy (non-hydrogen) atoms. The number of allylic oxidation sites excluding steroid dienone is 2. The van der Waals surface area contributed by atoms with Crippen molar-refractivity contribution in [2.75, 3.05) is 19.8 Å². The average Bonchev–Trinajstić information content (AvgIpc) is 3.26. The summed E-state index contributed by atoms with van der Waals surface area (Å²) in [5, 5.41) is 20.5. The Morgan fingerprint density at radius 3 is 2.81 bits per heavy atom. The Bertz CT molecular complexity index is 572. The molecule has 0 spiro atoms. The van der Waals surface area contributed by atoms with Gasteiger partial charge in [0.2, 0.25) is 0 Å². The molecule has 0 aromatic heterocycles. The first-order valence-corrected chi connectivity index (χ1v) is 12.2. The second-order valence-electron chi connectivity index (χ2n) is 8.75. The molecule has 6 heteroatoms. The summed E-state index contributed by atoms with van der Waals surface area (Å²) in [5.41, 5.74) is 0. The van der Waals surface area contributed by atoms with Crippen LogP contribution in [0.3, 0.4) is 0 Å². The first-order chi connectivity index (χ1) is 15.0. The van der Waals surface area contributed by atoms with Crippen molar-refractivity contribution in [1.82, 2.24) is 0 Å². The third kappa shape index (κ3) is 9.34. The van der Waals surface area contributed by atoms with E-state index in [4.69, 9.17) is 14.2 Å². The Balaban J connectivity index is 1.67. The summed E-state index contributed by atoms with van der Waals surface area (Å²) in [6.07, 6.45) is 13.5. The van der Waals surface area contributed by atoms with Crippen LogP contribution in [-0.2, 0) is 19.0 Å². The largest absolute Gasteiger partial charge is 0.495 e. The van der Waals surface area contributed by atoms with Gasteiger partial charge in [-0.3, -0.25) is 4.79 Å². The Morgan fingerprint density at radius 2 is 2.03 bits per heavy atom. The van der Waals surface area contributed by atoms with Crippen molar-refractivity contribution in [1.29, 1.82) is 0 Å². The maximum atomic E-state index is 11.7. The lowest BCUT2D eigenvalue weighted by atomic mass is 9.90. The molecule has 0 aromatic rings. The highest BCUT2D eigenvalue weighted by molar-refractivity contribution is 5.69. The zero-order valence-electron chi connectivity index (χ0n) is 19.3. The van der Waals surface area contributed by atoms with Crippen molar-refractivity contribution in [3.63, 3.8) is 0 Å². The molecule has 0 amide bonds. The summed E-state index contributed by atoms with van der Waals surface area (Å²) in [6.45, 7) is 5.66. The van der Waals surface area contributed by atoms with E-state index >= 15 is 0 Å². The van der Waals surface area contributed by atoms with Gasteiger partial charge in [0.25, 0.3) is 0 Å². The molecule has 2 N–H and O–H groups in total. The van der Waals surface area contributed by atoms with Crippen molar-refractivity contribution >= 4 is 5.97 Å². The smallest absolute Gasteiger partial charge is 0.305 e. The highest BCUT2D eigenvalue weighted by Gasteiger charge is 2.46. The van der Waals surface area contributed by atoms with Crippen LogP contribution in [0.2, 0.25) is 0 Å². The van der Waals surface area contributed by atoms with Crippen LogP contribution in [-0.4, -0.2) is 54.3 Å². The number of hydrogen-bond acceptors (Lipinski definition) is 6. The van der Waals surface area contributed by atoms with Crippen LogP contribution in [0.25, 0.3) is 0 Å². The van der Waals surface area contributed by atoms with Crippen LogP contribution in [0.15, 0.2) is 24.0 Å². The fourth-order valence-corrected chi connectivity index (χ4v) is 4.38. The number of fused-ring (bicyclic) bond motifs is 1. The minimum absolute atomic E-state index is 0.0293. The van der Waals surface area contributed by atoms with E-state index < -0.39 is 12.2 Å². The number of aliphatic hydroxyl groups is 2. The number of hydrogen-bond donors (Lipinski definition) is 2. The minimum atomic E-state index is -0.437. The van der Waals surface area contributed by atoms with Gasteiger partial charge in [-0.1, -0.05) is 45.3 Å². The molecule has 178 valence electrons. The summed E-state index contributed by atoms with van der Waals surface area (Å²) in [5.74, 6) is 1.06. The number of aliphatic hydroxyl groups excluding tert-OH is 2. The van der Waals surface area contributed by atoms with Crippen LogP contribution in [0.4, 0.5) is 0 Å². The van der Waals surface area contributed by atoms with Crippen LogP contribution < -0.4 is 0 Å². The van der Waals surface area contributed by atoms with E-state index in [0.29, 0.717) is 32.7 Å². The Morgan fingerprint density at radius 1 is 1.19 bits per heavy atom. The number of carbonyl (C=O) groups is 1. The zero-order chi connectivity index (χ0) is 22.5. The summed E-state index contributed by atoms with van der Waals surface area (Å²) >= 11 is 0. The Kier molecular flexibility index (Phi) is 12.2. The molecule has 1 saturated carbocycles. The molecule has 1 saturated heterocycles. The molecule has 2 rings (SSSR count). The summed E-state index contributed by atoms with van der Waals surface area (Å²) in [7, 11) is 0. The molecule has 0 unspecified atom stereocenters. The van der Waals surface area contributed by atoms with E-state index in [1.165, 1.54) is 0 Å². The van der Waals surface area contributed by atoms with Crippen molar-refractivity contribution < 1.29 is 29.2 Å². The molecule has 1 aliphatic carbocycles. The standard InChI is InChI=1S/C25H42O6/c1-3-5-6-9-19(26)12-13-21-22-17-20(31-24(22)18-23(21)27)10-7-8-11-25(28)30-16-15-29-14-4-2/h10,12-13,19,21-24,26-27H,3-9,11,14-18H2,1-2H3/b13-12+,20-10-/t19-,21+,22+,23+,24-/m0/s1. The van der Waals surface area contributed by atoms with E-state index in [-0.39, 0.29) is 23.9 Å². The highest BCUT2D eigenvalue weighted by Crippen LogP contribution is 2.45. The third-order valence-electron chi connectivity index (χ3n) is 6.08. The predicted octanol–water partition coefficient (Wildman–Crippen LogP) is 4.29. The molecule has 5 atom stereocenters. The number of unbranched alkanes of at least 4 members (excludes halogenated alkanes) is 3. The predicted molar refractivity (Wildman–Crippen MR) is 120 cm³/mol. The van der Waals surface area contributed by atoms with Gasteiger partial charge in [0.1, 0.15) is 12.7 Å². The van der Waals surface area contributed by atoms with Crippen molar-refractivity contribution in [2.45, 2.75) is 96.4 Å². The van der Waals surface area contributed by atoms with Crippen LogP contribution >= 0.6 is 0 Å². The van der Waals surface area contributed by atoms with Gasteiger partial charge in [-0.05, 0) is 31.8 Å². The molecule has 6 nitrogen and oxygen atoms in total. The topological polar surface area (TPSA) is 85.2 Å². The van der Waals surface area contributed by atoms with Crippen LogP contribution in [0.1, 0.15) is 78.1 Å². The van der Waals surface area contributed by atoms with Gasteiger partial charge < -0.3 is 24.4 Å². The second kappa shape index (κ2) is 14.6. The van der Waals surface area contributed by atoms with Gasteiger partial charge in [0.05, 0.1) is 24.6 Å². The monoisotopic (exact) mass is 438 g/mol. The maximum absolute atomic E-state index is 11.7. The summed E-state index contributed by atoms with van der Waals surface area (Å²) in [6, 6.07) is 0. The van der Waals surface area contributed by atoms with Crippen molar-refractivity contribution in [3.8, 4) is 0 Å². The summed E-state index contributed by atoms with van der Waals surface area (Å²) in [4.78, 5) is 11.7. The Hall–Kier alpha value is -1.37.